The minimum Gasteiger partial charge on any atom is -0.490 e. The van der Waals surface area contributed by atoms with Gasteiger partial charge in [-0.05, 0) is 47.0 Å². The van der Waals surface area contributed by atoms with Crippen LogP contribution in [-0.2, 0) is 9.53 Å². The Morgan fingerprint density at radius 2 is 2.24 bits per heavy atom. The van der Waals surface area contributed by atoms with Gasteiger partial charge in [-0.25, -0.2) is 0 Å². The summed E-state index contributed by atoms with van der Waals surface area (Å²) in [6.45, 7) is 0.664. The Bertz CT molecular complexity index is 443. The molecule has 0 amide bonds. The summed E-state index contributed by atoms with van der Waals surface area (Å²) in [4.78, 5) is 12.9. The molecular weight excluding hydrogens is 300 g/mol. The highest BCUT2D eigenvalue weighted by molar-refractivity contribution is 9.10. The lowest BCUT2D eigenvalue weighted by Gasteiger charge is -2.13. The summed E-state index contributed by atoms with van der Waals surface area (Å²) in [6, 6.07) is 7.90. The Kier molecular flexibility index (Phi) is 4.68. The van der Waals surface area contributed by atoms with Crippen molar-refractivity contribution in [2.24, 2.45) is 0 Å². The number of ether oxygens (including phenoxy) is 1. The molecule has 2 nitrogen and oxygen atoms in total. The van der Waals surface area contributed by atoms with E-state index in [1.165, 1.54) is 11.8 Å². The van der Waals surface area contributed by atoms with Crippen molar-refractivity contribution in [1.82, 2.24) is 0 Å². The Morgan fingerprint density at radius 3 is 2.94 bits per heavy atom. The van der Waals surface area contributed by atoms with Crippen LogP contribution in [0.3, 0.4) is 0 Å². The van der Waals surface area contributed by atoms with Crippen molar-refractivity contribution >= 4 is 33.5 Å². The molecule has 0 saturated heterocycles. The van der Waals surface area contributed by atoms with Gasteiger partial charge in [-0.1, -0.05) is 12.1 Å². The maximum atomic E-state index is 11.9. The quantitative estimate of drug-likeness (QED) is 0.791. The second-order valence-electron chi connectivity index (χ2n) is 3.70. The lowest BCUT2D eigenvalue weighted by Crippen LogP contribution is -2.12. The van der Waals surface area contributed by atoms with Crippen LogP contribution in [0.5, 0.6) is 0 Å². The van der Waals surface area contributed by atoms with Crippen molar-refractivity contribution in [3.63, 3.8) is 0 Å². The third-order valence-electron chi connectivity index (χ3n) is 2.41. The van der Waals surface area contributed by atoms with Gasteiger partial charge < -0.3 is 4.74 Å². The predicted molar refractivity (Wildman–Crippen MR) is 73.1 cm³/mol. The standard InChI is InChI=1S/C13H13BrO2S/c14-10-5-1-2-7-13(10)17-9-11(15)12-6-3-4-8-16-12/h1-2,5-7H,3-4,8-9H2. The van der Waals surface area contributed by atoms with Crippen LogP contribution >= 0.6 is 27.7 Å². The van der Waals surface area contributed by atoms with E-state index in [4.69, 9.17) is 4.74 Å². The maximum absolute atomic E-state index is 11.9. The van der Waals surface area contributed by atoms with Gasteiger partial charge in [0.25, 0.3) is 0 Å². The van der Waals surface area contributed by atoms with Crippen LogP contribution in [0.25, 0.3) is 0 Å². The van der Waals surface area contributed by atoms with E-state index < -0.39 is 0 Å². The van der Waals surface area contributed by atoms with Crippen molar-refractivity contribution in [2.45, 2.75) is 17.7 Å². The molecule has 1 aromatic rings. The van der Waals surface area contributed by atoms with Crippen molar-refractivity contribution < 1.29 is 9.53 Å². The van der Waals surface area contributed by atoms with E-state index in [0.29, 0.717) is 18.1 Å². The van der Waals surface area contributed by atoms with Crippen molar-refractivity contribution in [3.8, 4) is 0 Å². The molecule has 0 N–H and O–H groups in total. The van der Waals surface area contributed by atoms with Gasteiger partial charge in [0.2, 0.25) is 5.78 Å². The highest BCUT2D eigenvalue weighted by Gasteiger charge is 2.14. The molecule has 0 atom stereocenters. The molecule has 1 aliphatic rings. The molecule has 0 radical (unpaired) electrons. The van der Waals surface area contributed by atoms with Crippen molar-refractivity contribution in [3.05, 3.63) is 40.6 Å². The van der Waals surface area contributed by atoms with Crippen LogP contribution in [-0.4, -0.2) is 18.1 Å². The summed E-state index contributed by atoms with van der Waals surface area (Å²) in [5, 5.41) is 0. The van der Waals surface area contributed by atoms with Crippen molar-refractivity contribution in [1.29, 1.82) is 0 Å². The SMILES string of the molecule is O=C(CSc1ccccc1Br)C1=CCCCO1. The molecule has 1 aromatic carbocycles. The van der Waals surface area contributed by atoms with Gasteiger partial charge >= 0.3 is 0 Å². The number of Topliss-reactive ketones (excluding diaryl/α,β-unsaturated/α-hetero) is 1. The Balaban J connectivity index is 1.92. The van der Waals surface area contributed by atoms with Gasteiger partial charge in [0, 0.05) is 9.37 Å². The first kappa shape index (κ1) is 12.7. The lowest BCUT2D eigenvalue weighted by molar-refractivity contribution is -0.116. The summed E-state index contributed by atoms with van der Waals surface area (Å²) in [5.74, 6) is 1.04. The third kappa shape index (κ3) is 3.61. The second kappa shape index (κ2) is 6.26. The third-order valence-corrected chi connectivity index (χ3v) is 4.43. The van der Waals surface area contributed by atoms with Gasteiger partial charge in [-0.15, -0.1) is 11.8 Å². The molecule has 0 spiro atoms. The van der Waals surface area contributed by atoms with Crippen LogP contribution in [0.1, 0.15) is 12.8 Å². The van der Waals surface area contributed by atoms with E-state index in [0.717, 1.165) is 22.2 Å². The zero-order valence-electron chi connectivity index (χ0n) is 9.32. The van der Waals surface area contributed by atoms with E-state index in [9.17, 15) is 4.79 Å². The number of hydrogen-bond acceptors (Lipinski definition) is 3. The molecule has 0 aliphatic carbocycles. The number of carbonyl (C=O) groups is 1. The van der Waals surface area contributed by atoms with E-state index in [2.05, 4.69) is 15.9 Å². The summed E-state index contributed by atoms with van der Waals surface area (Å²) in [5.41, 5.74) is 0. The molecule has 0 fully saturated rings. The van der Waals surface area contributed by atoms with Gasteiger partial charge in [0.05, 0.1) is 12.4 Å². The molecule has 0 unspecified atom stereocenters. The van der Waals surface area contributed by atoms with Crippen molar-refractivity contribution in [2.75, 3.05) is 12.4 Å². The predicted octanol–water partition coefficient (Wildman–Crippen LogP) is 3.80. The molecule has 90 valence electrons. The average molecular weight is 313 g/mol. The number of carbonyl (C=O) groups excluding carboxylic acids is 1. The zero-order chi connectivity index (χ0) is 12.1. The number of benzene rings is 1. The molecule has 17 heavy (non-hydrogen) atoms. The summed E-state index contributed by atoms with van der Waals surface area (Å²) in [6.07, 6.45) is 3.85. The fraction of sp³-hybridized carbons (Fsp3) is 0.308. The topological polar surface area (TPSA) is 26.3 Å². The number of ketones is 1. The van der Waals surface area contributed by atoms with Crippen LogP contribution in [0.15, 0.2) is 45.5 Å². The maximum Gasteiger partial charge on any atom is 0.207 e. The minimum atomic E-state index is 0.0745. The minimum absolute atomic E-state index is 0.0745. The number of allylic oxidation sites excluding steroid dienone is 2. The van der Waals surface area contributed by atoms with E-state index >= 15 is 0 Å². The summed E-state index contributed by atoms with van der Waals surface area (Å²) in [7, 11) is 0. The van der Waals surface area contributed by atoms with E-state index in [1.807, 2.05) is 30.3 Å². The van der Waals surface area contributed by atoms with Gasteiger partial charge in [-0.2, -0.15) is 0 Å². The van der Waals surface area contributed by atoms with Crippen LogP contribution in [0.4, 0.5) is 0 Å². The summed E-state index contributed by atoms with van der Waals surface area (Å²) < 4.78 is 6.37. The number of rotatable bonds is 4. The van der Waals surface area contributed by atoms with Gasteiger partial charge in [0.1, 0.15) is 0 Å². The zero-order valence-corrected chi connectivity index (χ0v) is 11.7. The summed E-state index contributed by atoms with van der Waals surface area (Å²) >= 11 is 5.00. The molecule has 0 saturated carbocycles. The number of hydrogen-bond donors (Lipinski definition) is 0. The van der Waals surface area contributed by atoms with Crippen LogP contribution < -0.4 is 0 Å². The molecular formula is C13H13BrO2S. The Morgan fingerprint density at radius 1 is 1.41 bits per heavy atom. The molecule has 0 aromatic heterocycles. The highest BCUT2D eigenvalue weighted by Crippen LogP contribution is 2.27. The van der Waals surface area contributed by atoms with E-state index in [-0.39, 0.29) is 5.78 Å². The first-order valence-corrected chi connectivity index (χ1v) is 7.29. The molecule has 1 aliphatic heterocycles. The largest absolute Gasteiger partial charge is 0.490 e. The monoisotopic (exact) mass is 312 g/mol. The van der Waals surface area contributed by atoms with Gasteiger partial charge in [0.15, 0.2) is 5.76 Å². The first-order chi connectivity index (χ1) is 8.27. The highest BCUT2D eigenvalue weighted by atomic mass is 79.9. The first-order valence-electron chi connectivity index (χ1n) is 5.51. The average Bonchev–Trinajstić information content (AvgIpc) is 2.38. The lowest BCUT2D eigenvalue weighted by atomic mass is 10.2. The molecule has 4 heteroatoms. The number of halogens is 1. The smallest absolute Gasteiger partial charge is 0.207 e. The molecule has 1 heterocycles. The van der Waals surface area contributed by atoms with Gasteiger partial charge in [-0.3, -0.25) is 4.79 Å². The Hall–Kier alpha value is -0.740. The number of thioether (sulfide) groups is 1. The fourth-order valence-electron chi connectivity index (χ4n) is 1.53. The normalized spacial score (nSPS) is 15.0. The van der Waals surface area contributed by atoms with Crippen LogP contribution in [0, 0.1) is 0 Å². The Labute approximate surface area is 114 Å². The molecule has 0 bridgehead atoms. The molecule has 2 rings (SSSR count). The van der Waals surface area contributed by atoms with Crippen LogP contribution in [0.2, 0.25) is 0 Å². The fourth-order valence-corrected chi connectivity index (χ4v) is 2.97. The van der Waals surface area contributed by atoms with E-state index in [1.54, 1.807) is 0 Å². The second-order valence-corrected chi connectivity index (χ2v) is 5.57.